The lowest BCUT2D eigenvalue weighted by atomic mass is 10.3. The maximum Gasteiger partial charge on any atom is 0.264 e. The van der Waals surface area contributed by atoms with E-state index < -0.39 is 10.0 Å². The zero-order chi connectivity index (χ0) is 19.7. The molecule has 2 aromatic carbocycles. The van der Waals surface area contributed by atoms with Gasteiger partial charge in [-0.2, -0.15) is 0 Å². The van der Waals surface area contributed by atoms with Crippen molar-refractivity contribution in [3.63, 3.8) is 0 Å². The molecule has 144 valence electrons. The summed E-state index contributed by atoms with van der Waals surface area (Å²) in [6.45, 7) is 0.177. The molecule has 0 radical (unpaired) electrons. The Morgan fingerprint density at radius 3 is 2.54 bits per heavy atom. The normalized spacial score (nSPS) is 11.8. The molecular weight excluding hydrogens is 438 g/mol. The van der Waals surface area contributed by atoms with E-state index in [0.717, 1.165) is 0 Å². The van der Waals surface area contributed by atoms with Crippen molar-refractivity contribution in [1.82, 2.24) is 19.8 Å². The molecule has 0 aliphatic carbocycles. The molecule has 2 aromatic heterocycles. The first kappa shape index (κ1) is 19.1. The number of fused-ring (bicyclic) bond motifs is 1. The maximum absolute atomic E-state index is 13.3. The summed E-state index contributed by atoms with van der Waals surface area (Å²) in [6.07, 6.45) is 0.345. The lowest BCUT2D eigenvalue weighted by Gasteiger charge is -2.24. The largest absolute Gasteiger partial charge is 0.271 e. The van der Waals surface area contributed by atoms with Crippen LogP contribution in [0.15, 0.2) is 59.5 Å². The molecule has 0 atom stereocenters. The van der Waals surface area contributed by atoms with Crippen LogP contribution in [0.4, 0.5) is 5.69 Å². The molecule has 11 heteroatoms. The molecule has 4 aromatic rings. The zero-order valence-electron chi connectivity index (χ0n) is 14.3. The number of aromatic amines is 1. The summed E-state index contributed by atoms with van der Waals surface area (Å²) in [5.74, 6) is 0.601. The van der Waals surface area contributed by atoms with Crippen LogP contribution in [-0.2, 0) is 16.4 Å². The highest BCUT2D eigenvalue weighted by Crippen LogP contribution is 2.25. The van der Waals surface area contributed by atoms with E-state index in [4.69, 9.17) is 23.8 Å². The van der Waals surface area contributed by atoms with Gasteiger partial charge in [0.2, 0.25) is 4.96 Å². The lowest BCUT2D eigenvalue weighted by molar-refractivity contribution is 0.589. The Morgan fingerprint density at radius 1 is 1.11 bits per heavy atom. The van der Waals surface area contributed by atoms with Crippen molar-refractivity contribution in [1.29, 1.82) is 0 Å². The molecule has 0 fully saturated rings. The molecule has 0 amide bonds. The standard InChI is InChI=1S/C17H14ClN5O2S3/c18-12-6-8-13(9-7-12)22(28(24,25)14-4-2-1-3-5-14)11-10-15-19-20-16-23(15)21-17(26)27-16/h1-9H,10-11H2,(H,21,26). The van der Waals surface area contributed by atoms with E-state index in [-0.39, 0.29) is 11.4 Å². The summed E-state index contributed by atoms with van der Waals surface area (Å²) in [7, 11) is -3.76. The predicted octanol–water partition coefficient (Wildman–Crippen LogP) is 3.94. The van der Waals surface area contributed by atoms with Crippen LogP contribution in [0.1, 0.15) is 5.82 Å². The van der Waals surface area contributed by atoms with E-state index >= 15 is 0 Å². The number of H-pyrrole nitrogens is 1. The van der Waals surface area contributed by atoms with Crippen molar-refractivity contribution in [2.24, 2.45) is 0 Å². The van der Waals surface area contributed by atoms with E-state index in [1.165, 1.54) is 15.6 Å². The summed E-state index contributed by atoms with van der Waals surface area (Å²) in [5, 5.41) is 11.7. The van der Waals surface area contributed by atoms with E-state index in [1.807, 2.05) is 0 Å². The third kappa shape index (κ3) is 3.68. The van der Waals surface area contributed by atoms with Gasteiger partial charge in [0, 0.05) is 18.0 Å². The minimum Gasteiger partial charge on any atom is -0.271 e. The van der Waals surface area contributed by atoms with Gasteiger partial charge in [-0.05, 0) is 48.6 Å². The summed E-state index contributed by atoms with van der Waals surface area (Å²) in [6, 6.07) is 15.0. The Labute approximate surface area is 175 Å². The molecular formula is C17H14ClN5O2S3. The summed E-state index contributed by atoms with van der Waals surface area (Å²) in [5.41, 5.74) is 0.521. The third-order valence-electron chi connectivity index (χ3n) is 4.07. The van der Waals surface area contributed by atoms with Crippen molar-refractivity contribution in [3.05, 3.63) is 69.4 Å². The molecule has 0 unspecified atom stereocenters. The van der Waals surface area contributed by atoms with Gasteiger partial charge in [-0.15, -0.1) is 10.2 Å². The van der Waals surface area contributed by atoms with Gasteiger partial charge < -0.3 is 0 Å². The highest BCUT2D eigenvalue weighted by molar-refractivity contribution is 7.92. The molecule has 0 saturated carbocycles. The smallest absolute Gasteiger partial charge is 0.264 e. The van der Waals surface area contributed by atoms with Crippen molar-refractivity contribution < 1.29 is 8.42 Å². The minimum absolute atomic E-state index is 0.177. The van der Waals surface area contributed by atoms with Crippen LogP contribution in [0.2, 0.25) is 5.02 Å². The van der Waals surface area contributed by atoms with Crippen LogP contribution in [0.25, 0.3) is 4.96 Å². The molecule has 0 aliphatic rings. The second kappa shape index (κ2) is 7.63. The number of anilines is 1. The molecule has 7 nitrogen and oxygen atoms in total. The summed E-state index contributed by atoms with van der Waals surface area (Å²) < 4.78 is 30.2. The summed E-state index contributed by atoms with van der Waals surface area (Å²) >= 11 is 12.4. The number of sulfonamides is 1. The van der Waals surface area contributed by atoms with Crippen LogP contribution in [-0.4, -0.2) is 34.8 Å². The van der Waals surface area contributed by atoms with Crippen LogP contribution in [0.5, 0.6) is 0 Å². The quantitative estimate of drug-likeness (QED) is 0.449. The summed E-state index contributed by atoms with van der Waals surface area (Å²) in [4.78, 5) is 0.857. The first-order valence-corrected chi connectivity index (χ1v) is 11.3. The number of nitrogens with one attached hydrogen (secondary N) is 1. The number of rotatable bonds is 6. The van der Waals surface area contributed by atoms with Crippen LogP contribution in [0.3, 0.4) is 0 Å². The maximum atomic E-state index is 13.3. The zero-order valence-corrected chi connectivity index (χ0v) is 17.5. The molecule has 0 aliphatic heterocycles. The SMILES string of the molecule is O=S(=O)(c1ccccc1)N(CCc1nnc2sc(=S)[nH]n12)c1ccc(Cl)cc1. The number of halogens is 1. The average molecular weight is 452 g/mol. The Hall–Kier alpha value is -2.27. The first-order chi connectivity index (χ1) is 13.4. The van der Waals surface area contributed by atoms with Crippen molar-refractivity contribution in [3.8, 4) is 0 Å². The van der Waals surface area contributed by atoms with Gasteiger partial charge >= 0.3 is 0 Å². The molecule has 0 saturated heterocycles. The van der Waals surface area contributed by atoms with Crippen LogP contribution < -0.4 is 4.31 Å². The highest BCUT2D eigenvalue weighted by Gasteiger charge is 2.25. The number of hydrogen-bond acceptors (Lipinski definition) is 6. The van der Waals surface area contributed by atoms with Gasteiger partial charge in [-0.1, -0.05) is 41.1 Å². The predicted molar refractivity (Wildman–Crippen MR) is 112 cm³/mol. The highest BCUT2D eigenvalue weighted by atomic mass is 35.5. The first-order valence-electron chi connectivity index (χ1n) is 8.21. The van der Waals surface area contributed by atoms with Gasteiger partial charge in [0.05, 0.1) is 10.6 Å². The second-order valence-electron chi connectivity index (χ2n) is 5.85. The fourth-order valence-corrected chi connectivity index (χ4v) is 5.31. The van der Waals surface area contributed by atoms with E-state index in [2.05, 4.69) is 15.3 Å². The molecule has 4 rings (SSSR count). The minimum atomic E-state index is -3.76. The average Bonchev–Trinajstić information content (AvgIpc) is 3.23. The number of benzene rings is 2. The molecule has 28 heavy (non-hydrogen) atoms. The molecule has 0 bridgehead atoms. The van der Waals surface area contributed by atoms with Gasteiger partial charge in [-0.25, -0.2) is 12.9 Å². The Kier molecular flexibility index (Phi) is 5.19. The van der Waals surface area contributed by atoms with Crippen molar-refractivity contribution in [2.75, 3.05) is 10.8 Å². The van der Waals surface area contributed by atoms with Gasteiger partial charge in [0.25, 0.3) is 10.0 Å². The lowest BCUT2D eigenvalue weighted by Crippen LogP contribution is -2.33. The number of hydrogen-bond donors (Lipinski definition) is 1. The third-order valence-corrected chi connectivity index (χ3v) is 7.23. The molecule has 2 heterocycles. The van der Waals surface area contributed by atoms with Gasteiger partial charge in [-0.3, -0.25) is 9.40 Å². The van der Waals surface area contributed by atoms with Gasteiger partial charge in [0.1, 0.15) is 0 Å². The second-order valence-corrected chi connectivity index (χ2v) is 9.80. The Bertz CT molecular complexity index is 1260. The van der Waals surface area contributed by atoms with Crippen LogP contribution in [0, 0.1) is 3.95 Å². The molecule has 1 N–H and O–H groups in total. The van der Waals surface area contributed by atoms with Gasteiger partial charge in [0.15, 0.2) is 9.78 Å². The fourth-order valence-electron chi connectivity index (χ4n) is 2.75. The van der Waals surface area contributed by atoms with E-state index in [1.54, 1.807) is 59.1 Å². The van der Waals surface area contributed by atoms with Crippen molar-refractivity contribution >= 4 is 55.8 Å². The number of nitrogens with zero attached hydrogens (tertiary/aromatic N) is 4. The van der Waals surface area contributed by atoms with Crippen LogP contribution >= 0.6 is 35.2 Å². The Morgan fingerprint density at radius 2 is 1.82 bits per heavy atom. The fraction of sp³-hybridized carbons (Fsp3) is 0.118. The molecule has 0 spiro atoms. The van der Waals surface area contributed by atoms with E-state index in [0.29, 0.717) is 31.9 Å². The topological polar surface area (TPSA) is 83.4 Å². The van der Waals surface area contributed by atoms with E-state index in [9.17, 15) is 8.42 Å². The van der Waals surface area contributed by atoms with Crippen molar-refractivity contribution in [2.45, 2.75) is 11.3 Å². The Balaban J connectivity index is 1.70. The monoisotopic (exact) mass is 451 g/mol. The number of aromatic nitrogens is 4.